The Bertz CT molecular complexity index is 520. The third-order valence-corrected chi connectivity index (χ3v) is 2.85. The quantitative estimate of drug-likeness (QED) is 0.793. The summed E-state index contributed by atoms with van der Waals surface area (Å²) in [7, 11) is 0. The first-order valence-corrected chi connectivity index (χ1v) is 5.55. The first-order chi connectivity index (χ1) is 8.31. The molecule has 0 fully saturated rings. The highest BCUT2D eigenvalue weighted by molar-refractivity contribution is 5.71. The lowest BCUT2D eigenvalue weighted by Gasteiger charge is -2.09. The van der Waals surface area contributed by atoms with E-state index in [1.807, 2.05) is 49.4 Å². The van der Waals surface area contributed by atoms with Crippen LogP contribution in [0.4, 0.5) is 0 Å². The van der Waals surface area contributed by atoms with Crippen LogP contribution in [0.25, 0.3) is 5.76 Å². The fraction of sp³-hybridized carbons (Fsp3) is 0.286. The maximum atomic E-state index is 8.99. The van der Waals surface area contributed by atoms with E-state index >= 15 is 0 Å². The van der Waals surface area contributed by atoms with Crippen LogP contribution in [0.3, 0.4) is 0 Å². The van der Waals surface area contributed by atoms with Crippen molar-refractivity contribution < 1.29 is 4.74 Å². The van der Waals surface area contributed by atoms with Gasteiger partial charge in [-0.25, -0.2) is 0 Å². The Hall–Kier alpha value is -2.26. The van der Waals surface area contributed by atoms with Crippen molar-refractivity contribution in [2.75, 3.05) is 6.61 Å². The van der Waals surface area contributed by atoms with Gasteiger partial charge in [-0.3, -0.25) is 0 Å². The van der Waals surface area contributed by atoms with Gasteiger partial charge in [0.25, 0.3) is 0 Å². The van der Waals surface area contributed by atoms with E-state index < -0.39 is 5.92 Å². The highest BCUT2D eigenvalue weighted by Crippen LogP contribution is 2.40. The molecule has 0 saturated carbocycles. The third kappa shape index (κ3) is 1.88. The molecule has 2 rings (SSSR count). The summed E-state index contributed by atoms with van der Waals surface area (Å²) in [5.41, 5.74) is 2.00. The minimum Gasteiger partial charge on any atom is -0.494 e. The largest absolute Gasteiger partial charge is 0.494 e. The molecule has 84 valence electrons. The van der Waals surface area contributed by atoms with Crippen molar-refractivity contribution in [3.63, 3.8) is 0 Å². The summed E-state index contributed by atoms with van der Waals surface area (Å²) in [6, 6.07) is 11.8. The average Bonchev–Trinajstić information content (AvgIpc) is 2.72. The molecule has 0 bridgehead atoms. The molecule has 1 aromatic rings. The van der Waals surface area contributed by atoms with Gasteiger partial charge in [0.2, 0.25) is 0 Å². The molecule has 0 heterocycles. The minimum absolute atomic E-state index is 0.178. The van der Waals surface area contributed by atoms with Crippen LogP contribution in [0.5, 0.6) is 0 Å². The van der Waals surface area contributed by atoms with Gasteiger partial charge in [-0.05, 0) is 18.6 Å². The highest BCUT2D eigenvalue weighted by Gasteiger charge is 2.30. The second kappa shape index (κ2) is 4.72. The minimum atomic E-state index is -0.658. The van der Waals surface area contributed by atoms with Crippen molar-refractivity contribution in [2.24, 2.45) is 5.92 Å². The maximum Gasteiger partial charge on any atom is 0.143 e. The second-order valence-electron chi connectivity index (χ2n) is 3.81. The van der Waals surface area contributed by atoms with E-state index in [1.54, 1.807) is 0 Å². The first-order valence-electron chi connectivity index (χ1n) is 5.55. The Morgan fingerprint density at radius 2 is 2.00 bits per heavy atom. The first kappa shape index (κ1) is 11.2. The molecule has 3 heteroatoms. The molecule has 1 aliphatic carbocycles. The Morgan fingerprint density at radius 3 is 2.65 bits per heavy atom. The van der Waals surface area contributed by atoms with E-state index in [1.165, 1.54) is 0 Å². The molecule has 0 aromatic heterocycles. The van der Waals surface area contributed by atoms with Crippen LogP contribution in [0.2, 0.25) is 0 Å². The molecule has 0 aliphatic heterocycles. The van der Waals surface area contributed by atoms with Crippen LogP contribution in [0.15, 0.2) is 30.3 Å². The molecule has 1 unspecified atom stereocenters. The van der Waals surface area contributed by atoms with Gasteiger partial charge in [-0.1, -0.05) is 24.3 Å². The van der Waals surface area contributed by atoms with Gasteiger partial charge in [0.15, 0.2) is 0 Å². The molecular formula is C14H12N2O. The van der Waals surface area contributed by atoms with Crippen molar-refractivity contribution >= 4 is 5.76 Å². The van der Waals surface area contributed by atoms with Gasteiger partial charge < -0.3 is 4.74 Å². The SMILES string of the molecule is CCOC1=CC(C(C#N)C#N)c2ccccc21. The van der Waals surface area contributed by atoms with Crippen LogP contribution in [0.1, 0.15) is 24.0 Å². The van der Waals surface area contributed by atoms with Crippen molar-refractivity contribution in [3.8, 4) is 12.1 Å². The summed E-state index contributed by atoms with van der Waals surface area (Å²) >= 11 is 0. The van der Waals surface area contributed by atoms with Crippen LogP contribution in [0, 0.1) is 28.6 Å². The number of rotatable bonds is 3. The number of hydrogen-bond donors (Lipinski definition) is 0. The predicted molar refractivity (Wildman–Crippen MR) is 63.5 cm³/mol. The van der Waals surface area contributed by atoms with Gasteiger partial charge in [-0.2, -0.15) is 10.5 Å². The van der Waals surface area contributed by atoms with E-state index in [9.17, 15) is 0 Å². The number of ether oxygens (including phenoxy) is 1. The summed E-state index contributed by atoms with van der Waals surface area (Å²) in [4.78, 5) is 0. The van der Waals surface area contributed by atoms with E-state index in [0.717, 1.165) is 16.9 Å². The molecule has 0 saturated heterocycles. The molecular weight excluding hydrogens is 212 g/mol. The fourth-order valence-corrected chi connectivity index (χ4v) is 2.10. The lowest BCUT2D eigenvalue weighted by molar-refractivity contribution is 0.298. The van der Waals surface area contributed by atoms with Gasteiger partial charge >= 0.3 is 0 Å². The predicted octanol–water partition coefficient (Wildman–Crippen LogP) is 2.82. The Labute approximate surface area is 101 Å². The van der Waals surface area contributed by atoms with Gasteiger partial charge in [0.05, 0.1) is 18.7 Å². The molecule has 17 heavy (non-hydrogen) atoms. The van der Waals surface area contributed by atoms with Crippen molar-refractivity contribution in [1.29, 1.82) is 10.5 Å². The van der Waals surface area contributed by atoms with Gasteiger partial charge in [0.1, 0.15) is 11.7 Å². The summed E-state index contributed by atoms with van der Waals surface area (Å²) in [5, 5.41) is 18.0. The van der Waals surface area contributed by atoms with Crippen LogP contribution >= 0.6 is 0 Å². The topological polar surface area (TPSA) is 56.8 Å². The summed E-state index contributed by atoms with van der Waals surface area (Å²) in [6.07, 6.45) is 1.88. The third-order valence-electron chi connectivity index (χ3n) is 2.85. The molecule has 0 radical (unpaired) electrons. The van der Waals surface area contributed by atoms with Crippen molar-refractivity contribution in [2.45, 2.75) is 12.8 Å². The number of nitrogens with zero attached hydrogens (tertiary/aromatic N) is 2. The monoisotopic (exact) mass is 224 g/mol. The van der Waals surface area contributed by atoms with Gasteiger partial charge in [-0.15, -0.1) is 0 Å². The van der Waals surface area contributed by atoms with Gasteiger partial charge in [0, 0.05) is 11.5 Å². The van der Waals surface area contributed by atoms with Crippen LogP contribution in [-0.2, 0) is 4.74 Å². The smallest absolute Gasteiger partial charge is 0.143 e. The molecule has 1 aliphatic rings. The standard InChI is InChI=1S/C14H12N2O/c1-2-17-14-7-13(10(8-15)9-16)11-5-3-4-6-12(11)14/h3-7,10,13H,2H2,1H3. The Kier molecular flexibility index (Phi) is 3.12. The van der Waals surface area contributed by atoms with Crippen LogP contribution in [-0.4, -0.2) is 6.61 Å². The number of nitriles is 2. The lowest BCUT2D eigenvalue weighted by atomic mass is 9.90. The molecule has 1 aromatic carbocycles. The summed E-state index contributed by atoms with van der Waals surface area (Å²) in [6.45, 7) is 2.50. The molecule has 0 amide bonds. The van der Waals surface area contributed by atoms with E-state index in [0.29, 0.717) is 6.61 Å². The van der Waals surface area contributed by atoms with Crippen molar-refractivity contribution in [1.82, 2.24) is 0 Å². The van der Waals surface area contributed by atoms with E-state index in [2.05, 4.69) is 0 Å². The molecule has 0 spiro atoms. The summed E-state index contributed by atoms with van der Waals surface area (Å²) < 4.78 is 5.54. The highest BCUT2D eigenvalue weighted by atomic mass is 16.5. The van der Waals surface area contributed by atoms with E-state index in [-0.39, 0.29) is 5.92 Å². The Balaban J connectivity index is 2.44. The average molecular weight is 224 g/mol. The fourth-order valence-electron chi connectivity index (χ4n) is 2.10. The number of allylic oxidation sites excluding steroid dienone is 1. The number of hydrogen-bond acceptors (Lipinski definition) is 3. The maximum absolute atomic E-state index is 8.99. The zero-order valence-corrected chi connectivity index (χ0v) is 9.55. The lowest BCUT2D eigenvalue weighted by Crippen LogP contribution is -2.05. The molecule has 0 N–H and O–H groups in total. The normalized spacial score (nSPS) is 16.9. The van der Waals surface area contributed by atoms with E-state index in [4.69, 9.17) is 15.3 Å². The zero-order valence-electron chi connectivity index (χ0n) is 9.55. The van der Waals surface area contributed by atoms with Crippen molar-refractivity contribution in [3.05, 3.63) is 41.5 Å². The van der Waals surface area contributed by atoms with Crippen LogP contribution < -0.4 is 0 Å². The summed E-state index contributed by atoms with van der Waals surface area (Å²) in [5.74, 6) is -0.0551. The number of benzene rings is 1. The number of fused-ring (bicyclic) bond motifs is 1. The molecule has 3 nitrogen and oxygen atoms in total. The second-order valence-corrected chi connectivity index (χ2v) is 3.81. The Morgan fingerprint density at radius 1 is 1.29 bits per heavy atom. The molecule has 1 atom stereocenters. The zero-order chi connectivity index (χ0) is 12.3.